The number of hydrogen-bond donors (Lipinski definition) is 0. The third kappa shape index (κ3) is 9.21. The molecule has 26 heteroatoms. The highest BCUT2D eigenvalue weighted by Gasteiger charge is 2.40. The van der Waals surface area contributed by atoms with Crippen molar-refractivity contribution in [3.63, 3.8) is 0 Å². The smallest absolute Gasteiger partial charge is 0.249 e. The second-order valence-electron chi connectivity index (χ2n) is 13.6. The van der Waals surface area contributed by atoms with E-state index in [9.17, 15) is 60.7 Å². The quantitative estimate of drug-likeness (QED) is 0.0844. The van der Waals surface area contributed by atoms with Gasteiger partial charge >= 0.3 is 0 Å². The van der Waals surface area contributed by atoms with Gasteiger partial charge in [-0.15, -0.1) is 22.7 Å². The first kappa shape index (κ1) is 47.6. The van der Waals surface area contributed by atoms with Gasteiger partial charge in [0.15, 0.2) is 66.6 Å². The van der Waals surface area contributed by atoms with E-state index in [0.29, 0.717) is 29.6 Å². The number of rotatable bonds is 8. The number of nitrogens with zero attached hydrogens (tertiary/aromatic N) is 6. The number of benzene rings is 4. The Morgan fingerprint density at radius 3 is 1.23 bits per heavy atom. The van der Waals surface area contributed by atoms with Crippen molar-refractivity contribution in [1.82, 2.24) is 18.6 Å². The molecule has 2 aromatic heterocycles. The van der Waals surface area contributed by atoms with Gasteiger partial charge in [-0.1, -0.05) is 51.8 Å². The van der Waals surface area contributed by atoms with Crippen LogP contribution >= 0.6 is 50.2 Å². The van der Waals surface area contributed by atoms with E-state index in [-0.39, 0.29) is 52.4 Å². The second-order valence-corrected chi connectivity index (χ2v) is 20.4. The molecule has 2 fully saturated rings. The molecule has 0 aliphatic carbocycles. The van der Waals surface area contributed by atoms with E-state index in [1.807, 2.05) is 35.0 Å². The predicted molar refractivity (Wildman–Crippen MR) is 222 cm³/mol. The van der Waals surface area contributed by atoms with Gasteiger partial charge in [0.2, 0.25) is 31.7 Å². The number of anilines is 2. The fourth-order valence-electron chi connectivity index (χ4n) is 6.47. The van der Waals surface area contributed by atoms with Crippen LogP contribution in [0.25, 0.3) is 22.5 Å². The zero-order chi connectivity index (χ0) is 46.4. The maximum absolute atomic E-state index is 14.0. The highest BCUT2D eigenvalue weighted by atomic mass is 79.9. The molecular formula is C38H26BrClF10N6O4S4. The van der Waals surface area contributed by atoms with E-state index >= 15 is 0 Å². The minimum Gasteiger partial charge on any atom is -0.345 e. The van der Waals surface area contributed by atoms with E-state index in [4.69, 9.17) is 11.6 Å². The Hall–Kier alpha value is -4.37. The monoisotopic (exact) mass is 1060 g/mol. The summed E-state index contributed by atoms with van der Waals surface area (Å²) in [5.41, 5.74) is 3.14. The Balaban J connectivity index is 0.000000191. The van der Waals surface area contributed by atoms with E-state index in [0.717, 1.165) is 21.3 Å². The van der Waals surface area contributed by atoms with Crippen LogP contribution < -0.4 is 9.80 Å². The van der Waals surface area contributed by atoms with Gasteiger partial charge in [0.05, 0.1) is 11.4 Å². The largest absolute Gasteiger partial charge is 0.345 e. The van der Waals surface area contributed by atoms with Crippen LogP contribution in [0.15, 0.2) is 73.6 Å². The number of piperazine rings is 2. The maximum atomic E-state index is 14.0. The second kappa shape index (κ2) is 18.9. The van der Waals surface area contributed by atoms with Gasteiger partial charge in [0.25, 0.3) is 0 Å². The van der Waals surface area contributed by atoms with Crippen LogP contribution in [-0.2, 0) is 20.0 Å². The van der Waals surface area contributed by atoms with Crippen molar-refractivity contribution in [2.24, 2.45) is 0 Å². The molecule has 0 atom stereocenters. The van der Waals surface area contributed by atoms with Gasteiger partial charge in [0, 0.05) is 83.7 Å². The first-order valence-corrected chi connectivity index (χ1v) is 24.0. The molecule has 0 N–H and O–H groups in total. The van der Waals surface area contributed by atoms with E-state index < -0.39 is 88.0 Å². The number of sulfonamides is 2. The van der Waals surface area contributed by atoms with Crippen LogP contribution in [0.3, 0.4) is 0 Å². The molecule has 0 spiro atoms. The summed E-state index contributed by atoms with van der Waals surface area (Å²) in [7, 11) is -9.90. The highest BCUT2D eigenvalue weighted by Crippen LogP contribution is 2.35. The molecule has 0 unspecified atom stereocenters. The molecule has 2 aliphatic rings. The summed E-state index contributed by atoms with van der Waals surface area (Å²) >= 11 is 11.9. The summed E-state index contributed by atoms with van der Waals surface area (Å²) in [6, 6.07) is 14.6. The summed E-state index contributed by atoms with van der Waals surface area (Å²) in [5, 5.41) is 5.46. The Kier molecular flexibility index (Phi) is 14.0. The molecule has 0 radical (unpaired) electrons. The van der Waals surface area contributed by atoms with Gasteiger partial charge < -0.3 is 9.80 Å². The molecule has 10 nitrogen and oxygen atoms in total. The van der Waals surface area contributed by atoms with Crippen molar-refractivity contribution in [3.05, 3.63) is 127 Å². The molecule has 4 aromatic carbocycles. The van der Waals surface area contributed by atoms with Gasteiger partial charge in [-0.25, -0.2) is 70.7 Å². The van der Waals surface area contributed by atoms with Crippen molar-refractivity contribution in [1.29, 1.82) is 0 Å². The zero-order valence-electron chi connectivity index (χ0n) is 31.9. The average molecular weight is 1060 g/mol. The minimum absolute atomic E-state index is 0.113. The lowest BCUT2D eigenvalue weighted by atomic mass is 10.2. The molecule has 0 amide bonds. The first-order chi connectivity index (χ1) is 30.2. The Labute approximate surface area is 379 Å². The Bertz CT molecular complexity index is 2910. The van der Waals surface area contributed by atoms with Crippen molar-refractivity contribution in [2.45, 2.75) is 9.79 Å². The summed E-state index contributed by atoms with van der Waals surface area (Å²) in [4.78, 5) is 8.94. The van der Waals surface area contributed by atoms with Crippen molar-refractivity contribution in [2.75, 3.05) is 62.2 Å². The van der Waals surface area contributed by atoms with Crippen LogP contribution in [0.5, 0.6) is 0 Å². The Morgan fingerprint density at radius 2 is 0.859 bits per heavy atom. The first-order valence-electron chi connectivity index (χ1n) is 18.2. The molecule has 64 heavy (non-hydrogen) atoms. The summed E-state index contributed by atoms with van der Waals surface area (Å²) in [6.45, 7) is -0.402. The lowest BCUT2D eigenvalue weighted by Gasteiger charge is -2.33. The van der Waals surface area contributed by atoms with E-state index in [1.165, 1.54) is 22.7 Å². The number of thiazole rings is 2. The van der Waals surface area contributed by atoms with Crippen molar-refractivity contribution >= 4 is 80.5 Å². The lowest BCUT2D eigenvalue weighted by Crippen LogP contribution is -2.49. The third-order valence-electron chi connectivity index (χ3n) is 9.80. The molecule has 6 aromatic rings. The standard InChI is InChI=1S/C19H13BrF5N3O2S2.C19H13ClF5N3O2S2/c20-11-3-1-2-10(8-11)12-9-31-19(26-12)27-4-6-28(7-5-27)32(29,30)18-16(24)14(22)13(21)15(23)17(18)25;20-11-3-1-10(2-4-11)12-9-31-19(26-12)27-5-7-28(8-6-27)32(29,30)18-16(24)14(22)13(21)15(23)17(18)25/h1-3,8-9H,4-7H2;1-4,9H,5-8H2. The fraction of sp³-hybridized carbons (Fsp3) is 0.211. The molecule has 4 heterocycles. The summed E-state index contributed by atoms with van der Waals surface area (Å²) in [6.07, 6.45) is 0. The number of hydrogen-bond acceptors (Lipinski definition) is 10. The average Bonchev–Trinajstić information content (AvgIpc) is 3.99. The highest BCUT2D eigenvalue weighted by molar-refractivity contribution is 9.10. The number of aromatic nitrogens is 2. The fourth-order valence-corrected chi connectivity index (χ4v) is 11.8. The third-order valence-corrected chi connectivity index (χ3v) is 16.2. The summed E-state index contributed by atoms with van der Waals surface area (Å²) < 4.78 is 190. The van der Waals surface area contributed by atoms with Crippen LogP contribution in [0, 0.1) is 58.2 Å². The van der Waals surface area contributed by atoms with Gasteiger partial charge in [0.1, 0.15) is 0 Å². The van der Waals surface area contributed by atoms with Crippen LogP contribution in [0.1, 0.15) is 0 Å². The molecule has 8 rings (SSSR count). The van der Waals surface area contributed by atoms with Crippen molar-refractivity contribution in [3.8, 4) is 22.5 Å². The molecular weight excluding hydrogens is 1040 g/mol. The van der Waals surface area contributed by atoms with Crippen LogP contribution in [0.4, 0.5) is 54.2 Å². The SMILES string of the molecule is O=S(=O)(c1c(F)c(F)c(F)c(F)c1F)N1CCN(c2nc(-c3ccc(Cl)cc3)cs2)CC1.O=S(=O)(c1c(F)c(F)c(F)c(F)c1F)N1CCN(c2nc(-c3cccc(Br)c3)cs2)CC1. The summed E-state index contributed by atoms with van der Waals surface area (Å²) in [5.74, 6) is -23.5. The maximum Gasteiger partial charge on any atom is 0.249 e. The minimum atomic E-state index is -4.95. The molecule has 0 bridgehead atoms. The zero-order valence-corrected chi connectivity index (χ0v) is 37.5. The normalized spacial score (nSPS) is 15.4. The van der Waals surface area contributed by atoms with Gasteiger partial charge in [-0.05, 0) is 24.3 Å². The lowest BCUT2D eigenvalue weighted by molar-refractivity contribution is 0.344. The predicted octanol–water partition coefficient (Wildman–Crippen LogP) is 9.45. The molecule has 0 saturated carbocycles. The van der Waals surface area contributed by atoms with Crippen LogP contribution in [-0.4, -0.2) is 87.8 Å². The van der Waals surface area contributed by atoms with Gasteiger partial charge in [-0.2, -0.15) is 8.61 Å². The molecule has 2 aliphatic heterocycles. The number of halogens is 12. The topological polar surface area (TPSA) is 107 Å². The molecule has 340 valence electrons. The van der Waals surface area contributed by atoms with Gasteiger partial charge in [-0.3, -0.25) is 0 Å². The molecule has 2 saturated heterocycles. The van der Waals surface area contributed by atoms with E-state index in [2.05, 4.69) is 25.9 Å². The Morgan fingerprint density at radius 1 is 0.500 bits per heavy atom. The van der Waals surface area contributed by atoms with Crippen molar-refractivity contribution < 1.29 is 60.7 Å². The van der Waals surface area contributed by atoms with Crippen LogP contribution in [0.2, 0.25) is 5.02 Å². The van der Waals surface area contributed by atoms with E-state index in [1.54, 1.807) is 34.1 Å².